The predicted molar refractivity (Wildman–Crippen MR) is 100 cm³/mol. The highest BCUT2D eigenvalue weighted by atomic mass is 16.5. The molecule has 3 heteroatoms. The molecular formula is C21H33NO2. The number of methoxy groups -OCH3 is 1. The number of fused-ring (bicyclic) bond motifs is 2. The van der Waals surface area contributed by atoms with Crippen molar-refractivity contribution in [2.24, 2.45) is 5.92 Å². The molecule has 2 unspecified atom stereocenters. The highest BCUT2D eigenvalue weighted by Crippen LogP contribution is 2.41. The van der Waals surface area contributed by atoms with Crippen molar-refractivity contribution in [2.45, 2.75) is 58.3 Å². The lowest BCUT2D eigenvalue weighted by atomic mass is 9.80. The van der Waals surface area contributed by atoms with Gasteiger partial charge in [0.1, 0.15) is 12.4 Å². The van der Waals surface area contributed by atoms with E-state index in [1.54, 1.807) is 12.7 Å². The third-order valence-electron chi connectivity index (χ3n) is 5.81. The molecule has 0 saturated carbocycles. The summed E-state index contributed by atoms with van der Waals surface area (Å²) in [7, 11) is 1.78. The lowest BCUT2D eigenvalue weighted by molar-refractivity contribution is 0.195. The summed E-state index contributed by atoms with van der Waals surface area (Å²) < 4.78 is 11.2. The third-order valence-corrected chi connectivity index (χ3v) is 5.81. The van der Waals surface area contributed by atoms with Crippen LogP contribution in [0.25, 0.3) is 0 Å². The summed E-state index contributed by atoms with van der Waals surface area (Å²) in [5.41, 5.74) is 4.39. The van der Waals surface area contributed by atoms with Gasteiger partial charge in [0.05, 0.1) is 12.2 Å². The fourth-order valence-electron chi connectivity index (χ4n) is 4.38. The molecule has 2 atom stereocenters. The Morgan fingerprint density at radius 3 is 3.00 bits per heavy atom. The van der Waals surface area contributed by atoms with Gasteiger partial charge in [0, 0.05) is 20.3 Å². The predicted octanol–water partition coefficient (Wildman–Crippen LogP) is 4.78. The van der Waals surface area contributed by atoms with Crippen LogP contribution in [-0.2, 0) is 11.2 Å². The van der Waals surface area contributed by atoms with Gasteiger partial charge < -0.3 is 14.4 Å². The highest BCUT2D eigenvalue weighted by Gasteiger charge is 2.25. The van der Waals surface area contributed by atoms with Gasteiger partial charge in [-0.15, -0.1) is 0 Å². The second kappa shape index (κ2) is 8.24. The molecule has 24 heavy (non-hydrogen) atoms. The molecule has 0 spiro atoms. The number of hydrogen-bond acceptors (Lipinski definition) is 3. The molecule has 1 aromatic carbocycles. The van der Waals surface area contributed by atoms with Crippen molar-refractivity contribution in [2.75, 3.05) is 38.3 Å². The van der Waals surface area contributed by atoms with Crippen LogP contribution < -0.4 is 9.64 Å². The minimum Gasteiger partial charge on any atom is -0.490 e. The first kappa shape index (κ1) is 17.6. The SMILES string of the molecule is CCC1CCCc2cc3c(cc2C(C)C1)N(CCCOC)CCO3. The van der Waals surface area contributed by atoms with E-state index in [0.29, 0.717) is 5.92 Å². The van der Waals surface area contributed by atoms with Gasteiger partial charge in [-0.1, -0.05) is 26.7 Å². The zero-order valence-corrected chi connectivity index (χ0v) is 15.6. The molecule has 1 aliphatic carbocycles. The first-order valence-electron chi connectivity index (χ1n) is 9.76. The van der Waals surface area contributed by atoms with Crippen LogP contribution in [0, 0.1) is 5.92 Å². The number of hydrogen-bond donors (Lipinski definition) is 0. The molecule has 2 aliphatic rings. The van der Waals surface area contributed by atoms with Crippen LogP contribution in [-0.4, -0.2) is 33.4 Å². The van der Waals surface area contributed by atoms with Crippen LogP contribution in [0.2, 0.25) is 0 Å². The van der Waals surface area contributed by atoms with Crippen molar-refractivity contribution in [3.05, 3.63) is 23.3 Å². The van der Waals surface area contributed by atoms with Crippen molar-refractivity contribution >= 4 is 5.69 Å². The second-order valence-electron chi connectivity index (χ2n) is 7.50. The second-order valence-corrected chi connectivity index (χ2v) is 7.50. The minimum absolute atomic E-state index is 0.651. The topological polar surface area (TPSA) is 21.7 Å². The number of nitrogens with zero attached hydrogens (tertiary/aromatic N) is 1. The van der Waals surface area contributed by atoms with Crippen LogP contribution in [0.5, 0.6) is 5.75 Å². The molecule has 1 aliphatic heterocycles. The number of rotatable bonds is 5. The molecule has 0 aromatic heterocycles. The summed E-state index contributed by atoms with van der Waals surface area (Å²) in [4.78, 5) is 2.49. The summed E-state index contributed by atoms with van der Waals surface area (Å²) in [6, 6.07) is 4.79. The molecule has 3 rings (SSSR count). The monoisotopic (exact) mass is 331 g/mol. The van der Waals surface area contributed by atoms with Crippen LogP contribution in [0.1, 0.15) is 63.0 Å². The number of benzene rings is 1. The van der Waals surface area contributed by atoms with E-state index in [2.05, 4.69) is 30.9 Å². The van der Waals surface area contributed by atoms with E-state index in [9.17, 15) is 0 Å². The lowest BCUT2D eigenvalue weighted by Crippen LogP contribution is -2.34. The lowest BCUT2D eigenvalue weighted by Gasteiger charge is -2.34. The van der Waals surface area contributed by atoms with Gasteiger partial charge >= 0.3 is 0 Å². The fraction of sp³-hybridized carbons (Fsp3) is 0.714. The summed E-state index contributed by atoms with van der Waals surface area (Å²) in [6.07, 6.45) is 7.61. The average molecular weight is 332 g/mol. The fourth-order valence-corrected chi connectivity index (χ4v) is 4.38. The largest absolute Gasteiger partial charge is 0.490 e. The quantitative estimate of drug-likeness (QED) is 0.725. The summed E-state index contributed by atoms with van der Waals surface area (Å²) in [5, 5.41) is 0. The van der Waals surface area contributed by atoms with Gasteiger partial charge in [0.15, 0.2) is 0 Å². The molecule has 1 heterocycles. The number of anilines is 1. The Morgan fingerprint density at radius 2 is 2.21 bits per heavy atom. The van der Waals surface area contributed by atoms with E-state index in [0.717, 1.165) is 44.4 Å². The standard InChI is InChI=1S/C21H33NO2/c1-4-17-7-5-8-18-14-21-20(15-19(18)16(2)13-17)22(10-12-24-21)9-6-11-23-3/h14-17H,4-13H2,1-3H3. The van der Waals surface area contributed by atoms with Gasteiger partial charge in [0.2, 0.25) is 0 Å². The van der Waals surface area contributed by atoms with Gasteiger partial charge in [-0.05, 0) is 60.8 Å². The molecule has 0 fully saturated rings. The first-order chi connectivity index (χ1) is 11.7. The van der Waals surface area contributed by atoms with Crippen molar-refractivity contribution in [1.29, 1.82) is 0 Å². The maximum atomic E-state index is 6.00. The maximum Gasteiger partial charge on any atom is 0.142 e. The highest BCUT2D eigenvalue weighted by molar-refractivity contribution is 5.64. The van der Waals surface area contributed by atoms with Crippen LogP contribution in [0.3, 0.4) is 0 Å². The van der Waals surface area contributed by atoms with E-state index in [-0.39, 0.29) is 0 Å². The molecule has 0 radical (unpaired) electrons. The third kappa shape index (κ3) is 3.88. The minimum atomic E-state index is 0.651. The Morgan fingerprint density at radius 1 is 1.33 bits per heavy atom. The molecule has 0 saturated heterocycles. The van der Waals surface area contributed by atoms with Crippen molar-refractivity contribution in [3.63, 3.8) is 0 Å². The van der Waals surface area contributed by atoms with E-state index < -0.39 is 0 Å². The Kier molecular flexibility index (Phi) is 6.04. The summed E-state index contributed by atoms with van der Waals surface area (Å²) in [6.45, 7) is 8.42. The Hall–Kier alpha value is -1.22. The van der Waals surface area contributed by atoms with Gasteiger partial charge in [-0.3, -0.25) is 0 Å². The molecule has 0 bridgehead atoms. The Balaban J connectivity index is 1.86. The smallest absolute Gasteiger partial charge is 0.142 e. The molecule has 0 N–H and O–H groups in total. The molecule has 1 aromatic rings. The Labute approximate surface area is 147 Å². The van der Waals surface area contributed by atoms with E-state index in [1.165, 1.54) is 43.4 Å². The van der Waals surface area contributed by atoms with E-state index >= 15 is 0 Å². The zero-order chi connectivity index (χ0) is 16.9. The van der Waals surface area contributed by atoms with Crippen molar-refractivity contribution in [3.8, 4) is 5.75 Å². The molecule has 0 amide bonds. The van der Waals surface area contributed by atoms with Crippen LogP contribution in [0.4, 0.5) is 5.69 Å². The number of aryl methyl sites for hydroxylation is 1. The zero-order valence-electron chi connectivity index (χ0n) is 15.6. The first-order valence-corrected chi connectivity index (χ1v) is 9.76. The van der Waals surface area contributed by atoms with Crippen LogP contribution in [0.15, 0.2) is 12.1 Å². The molecule has 134 valence electrons. The number of ether oxygens (including phenoxy) is 2. The van der Waals surface area contributed by atoms with Gasteiger partial charge in [-0.2, -0.15) is 0 Å². The van der Waals surface area contributed by atoms with Gasteiger partial charge in [0.25, 0.3) is 0 Å². The van der Waals surface area contributed by atoms with E-state index in [1.807, 2.05) is 0 Å². The van der Waals surface area contributed by atoms with Gasteiger partial charge in [-0.25, -0.2) is 0 Å². The summed E-state index contributed by atoms with van der Waals surface area (Å²) in [5.74, 6) is 2.63. The average Bonchev–Trinajstić information content (AvgIpc) is 2.59. The van der Waals surface area contributed by atoms with Crippen LogP contribution >= 0.6 is 0 Å². The van der Waals surface area contributed by atoms with Crippen molar-refractivity contribution < 1.29 is 9.47 Å². The molecular weight excluding hydrogens is 298 g/mol. The maximum absolute atomic E-state index is 6.00. The Bertz CT molecular complexity index is 543. The summed E-state index contributed by atoms with van der Waals surface area (Å²) >= 11 is 0. The normalized spacial score (nSPS) is 23.7. The van der Waals surface area contributed by atoms with Crippen molar-refractivity contribution in [1.82, 2.24) is 0 Å². The van der Waals surface area contributed by atoms with E-state index in [4.69, 9.17) is 9.47 Å². The molecule has 3 nitrogen and oxygen atoms in total.